The molecule has 2 rings (SSSR count). The molecule has 1 heterocycles. The van der Waals surface area contributed by atoms with Gasteiger partial charge in [-0.3, -0.25) is 4.68 Å². The Morgan fingerprint density at radius 2 is 2.20 bits per heavy atom. The molecular formula is C15H21N3O2. The van der Waals surface area contributed by atoms with Crippen LogP contribution in [0.4, 0.5) is 0 Å². The zero-order valence-electron chi connectivity index (χ0n) is 12.2. The van der Waals surface area contributed by atoms with E-state index in [1.54, 1.807) is 0 Å². The van der Waals surface area contributed by atoms with Crippen molar-refractivity contribution in [3.8, 4) is 0 Å². The SMILES string of the molecule is CCCNC(C)(Cn1ncc2ccccc21)C(=O)OC. The molecule has 1 aromatic carbocycles. The molecule has 2 aromatic rings. The molecule has 0 fully saturated rings. The number of methoxy groups -OCH3 is 1. The molecular weight excluding hydrogens is 254 g/mol. The van der Waals surface area contributed by atoms with Gasteiger partial charge in [-0.05, 0) is 26.0 Å². The fourth-order valence-electron chi connectivity index (χ4n) is 2.27. The summed E-state index contributed by atoms with van der Waals surface area (Å²) in [6.45, 7) is 5.11. The fraction of sp³-hybridized carbons (Fsp3) is 0.467. The van der Waals surface area contributed by atoms with Crippen molar-refractivity contribution in [2.75, 3.05) is 13.7 Å². The molecule has 0 aliphatic carbocycles. The van der Waals surface area contributed by atoms with Crippen LogP contribution in [-0.4, -0.2) is 34.9 Å². The molecule has 0 aliphatic heterocycles. The van der Waals surface area contributed by atoms with Crippen molar-refractivity contribution >= 4 is 16.9 Å². The zero-order chi connectivity index (χ0) is 14.6. The lowest BCUT2D eigenvalue weighted by molar-refractivity contribution is -0.148. The molecule has 0 saturated heterocycles. The third kappa shape index (κ3) is 2.82. The minimum Gasteiger partial charge on any atom is -0.468 e. The van der Waals surface area contributed by atoms with Crippen LogP contribution in [0.5, 0.6) is 0 Å². The van der Waals surface area contributed by atoms with E-state index in [1.165, 1.54) is 7.11 Å². The van der Waals surface area contributed by atoms with Gasteiger partial charge in [0.2, 0.25) is 0 Å². The topological polar surface area (TPSA) is 56.2 Å². The highest BCUT2D eigenvalue weighted by molar-refractivity contribution is 5.81. The quantitative estimate of drug-likeness (QED) is 0.819. The number of benzene rings is 1. The van der Waals surface area contributed by atoms with Crippen LogP contribution in [0.3, 0.4) is 0 Å². The Hall–Kier alpha value is -1.88. The van der Waals surface area contributed by atoms with E-state index in [0.717, 1.165) is 23.9 Å². The normalized spacial score (nSPS) is 14.2. The monoisotopic (exact) mass is 275 g/mol. The number of hydrogen-bond acceptors (Lipinski definition) is 4. The van der Waals surface area contributed by atoms with E-state index in [4.69, 9.17) is 4.74 Å². The number of nitrogens with one attached hydrogen (secondary N) is 1. The lowest BCUT2D eigenvalue weighted by Crippen LogP contribution is -2.53. The Morgan fingerprint density at radius 3 is 2.90 bits per heavy atom. The first kappa shape index (κ1) is 14.5. The van der Waals surface area contributed by atoms with Gasteiger partial charge in [-0.1, -0.05) is 25.1 Å². The van der Waals surface area contributed by atoms with Crippen LogP contribution in [-0.2, 0) is 16.1 Å². The first-order chi connectivity index (χ1) is 9.60. The first-order valence-electron chi connectivity index (χ1n) is 6.84. The fourth-order valence-corrected chi connectivity index (χ4v) is 2.27. The van der Waals surface area contributed by atoms with Crippen molar-refractivity contribution in [2.24, 2.45) is 0 Å². The summed E-state index contributed by atoms with van der Waals surface area (Å²) in [7, 11) is 1.41. The number of rotatable bonds is 6. The van der Waals surface area contributed by atoms with Crippen LogP contribution in [0.2, 0.25) is 0 Å². The van der Waals surface area contributed by atoms with E-state index in [0.29, 0.717) is 6.54 Å². The van der Waals surface area contributed by atoms with Crippen molar-refractivity contribution < 1.29 is 9.53 Å². The molecule has 1 atom stereocenters. The Morgan fingerprint density at radius 1 is 1.45 bits per heavy atom. The highest BCUT2D eigenvalue weighted by Gasteiger charge is 2.34. The van der Waals surface area contributed by atoms with Crippen molar-refractivity contribution in [1.82, 2.24) is 15.1 Å². The molecule has 0 aliphatic rings. The summed E-state index contributed by atoms with van der Waals surface area (Å²) in [5.41, 5.74) is 0.237. The summed E-state index contributed by atoms with van der Waals surface area (Å²) in [6.07, 6.45) is 2.76. The molecule has 1 aromatic heterocycles. The second kappa shape index (κ2) is 6.05. The predicted molar refractivity (Wildman–Crippen MR) is 78.4 cm³/mol. The smallest absolute Gasteiger partial charge is 0.327 e. The maximum absolute atomic E-state index is 12.1. The summed E-state index contributed by atoms with van der Waals surface area (Å²) in [6, 6.07) is 7.95. The molecule has 108 valence electrons. The molecule has 0 saturated carbocycles. The van der Waals surface area contributed by atoms with Gasteiger partial charge in [0.05, 0.1) is 25.4 Å². The van der Waals surface area contributed by atoms with Gasteiger partial charge in [0.15, 0.2) is 0 Å². The molecule has 0 radical (unpaired) electrons. The minimum absolute atomic E-state index is 0.273. The number of hydrogen-bond donors (Lipinski definition) is 1. The van der Waals surface area contributed by atoms with E-state index in [2.05, 4.69) is 17.3 Å². The summed E-state index contributed by atoms with van der Waals surface area (Å²) in [5, 5.41) is 8.70. The molecule has 0 amide bonds. The number of carbonyl (C=O) groups is 1. The van der Waals surface area contributed by atoms with Gasteiger partial charge in [0.1, 0.15) is 5.54 Å². The van der Waals surface area contributed by atoms with Gasteiger partial charge in [-0.15, -0.1) is 0 Å². The van der Waals surface area contributed by atoms with Crippen LogP contribution in [0, 0.1) is 0 Å². The highest BCUT2D eigenvalue weighted by Crippen LogP contribution is 2.17. The minimum atomic E-state index is -0.778. The van der Waals surface area contributed by atoms with E-state index >= 15 is 0 Å². The Bertz CT molecular complexity index is 594. The lowest BCUT2D eigenvalue weighted by atomic mass is 10.0. The number of nitrogens with zero attached hydrogens (tertiary/aromatic N) is 2. The largest absolute Gasteiger partial charge is 0.468 e. The van der Waals surface area contributed by atoms with Crippen LogP contribution < -0.4 is 5.32 Å². The third-order valence-electron chi connectivity index (χ3n) is 3.42. The standard InChI is InChI=1S/C15H21N3O2/c1-4-9-16-15(2,14(19)20-3)11-18-13-8-6-5-7-12(13)10-17-18/h5-8,10,16H,4,9,11H2,1-3H3. The zero-order valence-corrected chi connectivity index (χ0v) is 12.2. The van der Waals surface area contributed by atoms with Crippen molar-refractivity contribution in [1.29, 1.82) is 0 Å². The molecule has 1 unspecified atom stereocenters. The number of para-hydroxylation sites is 1. The lowest BCUT2D eigenvalue weighted by Gasteiger charge is -2.28. The molecule has 5 nitrogen and oxygen atoms in total. The summed E-state index contributed by atoms with van der Waals surface area (Å²) >= 11 is 0. The first-order valence-corrected chi connectivity index (χ1v) is 6.84. The Labute approximate surface area is 118 Å². The number of aromatic nitrogens is 2. The van der Waals surface area contributed by atoms with Gasteiger partial charge in [-0.2, -0.15) is 5.10 Å². The van der Waals surface area contributed by atoms with Gasteiger partial charge >= 0.3 is 5.97 Å². The van der Waals surface area contributed by atoms with Crippen molar-refractivity contribution in [2.45, 2.75) is 32.4 Å². The van der Waals surface area contributed by atoms with E-state index in [1.807, 2.05) is 42.1 Å². The summed E-state index contributed by atoms with van der Waals surface area (Å²) in [5.74, 6) is -0.273. The Balaban J connectivity index is 2.29. The number of ether oxygens (including phenoxy) is 1. The van der Waals surface area contributed by atoms with Gasteiger partial charge < -0.3 is 10.1 Å². The Kier molecular flexibility index (Phi) is 4.39. The third-order valence-corrected chi connectivity index (χ3v) is 3.42. The van der Waals surface area contributed by atoms with Crippen LogP contribution in [0.15, 0.2) is 30.5 Å². The number of esters is 1. The number of fused-ring (bicyclic) bond motifs is 1. The van der Waals surface area contributed by atoms with Crippen LogP contribution >= 0.6 is 0 Å². The van der Waals surface area contributed by atoms with Gasteiger partial charge in [-0.25, -0.2) is 4.79 Å². The van der Waals surface area contributed by atoms with Gasteiger partial charge in [0, 0.05) is 5.39 Å². The van der Waals surface area contributed by atoms with E-state index in [9.17, 15) is 4.79 Å². The van der Waals surface area contributed by atoms with Crippen molar-refractivity contribution in [3.05, 3.63) is 30.5 Å². The highest BCUT2D eigenvalue weighted by atomic mass is 16.5. The van der Waals surface area contributed by atoms with Crippen molar-refractivity contribution in [3.63, 3.8) is 0 Å². The number of carbonyl (C=O) groups excluding carboxylic acids is 1. The molecule has 0 bridgehead atoms. The molecule has 20 heavy (non-hydrogen) atoms. The molecule has 1 N–H and O–H groups in total. The second-order valence-corrected chi connectivity index (χ2v) is 5.11. The summed E-state index contributed by atoms with van der Waals surface area (Å²) in [4.78, 5) is 12.1. The second-order valence-electron chi connectivity index (χ2n) is 5.11. The maximum atomic E-state index is 12.1. The maximum Gasteiger partial charge on any atom is 0.327 e. The molecule has 0 spiro atoms. The summed E-state index contributed by atoms with van der Waals surface area (Å²) < 4.78 is 6.77. The predicted octanol–water partition coefficient (Wildman–Crippen LogP) is 1.97. The van der Waals surface area contributed by atoms with E-state index < -0.39 is 5.54 Å². The van der Waals surface area contributed by atoms with Gasteiger partial charge in [0.25, 0.3) is 0 Å². The van der Waals surface area contributed by atoms with Crippen LogP contribution in [0.25, 0.3) is 10.9 Å². The average molecular weight is 275 g/mol. The average Bonchev–Trinajstić information content (AvgIpc) is 2.87. The molecule has 5 heteroatoms. The van der Waals surface area contributed by atoms with E-state index in [-0.39, 0.29) is 5.97 Å². The van der Waals surface area contributed by atoms with Crippen LogP contribution in [0.1, 0.15) is 20.3 Å².